The molecule has 0 aromatic heterocycles. The molecule has 0 unspecified atom stereocenters. The second-order valence-corrected chi connectivity index (χ2v) is 4.94. The molecule has 0 aliphatic heterocycles. The maximum atomic E-state index is 3.48. The first-order chi connectivity index (χ1) is 8.15. The SMILES string of the molecule is CCN(CC)Cc1cccc(NCC(C)C)c1. The summed E-state index contributed by atoms with van der Waals surface area (Å²) in [6.45, 7) is 13.2. The normalized spacial score (nSPS) is 11.2. The van der Waals surface area contributed by atoms with Gasteiger partial charge in [-0.2, -0.15) is 0 Å². The van der Waals surface area contributed by atoms with Crippen LogP contribution in [-0.2, 0) is 6.54 Å². The summed E-state index contributed by atoms with van der Waals surface area (Å²) in [5.74, 6) is 0.682. The number of nitrogens with one attached hydrogen (secondary N) is 1. The standard InChI is InChI=1S/C15H26N2/c1-5-17(6-2)12-14-8-7-9-15(10-14)16-11-13(3)4/h7-10,13,16H,5-6,11-12H2,1-4H3. The van der Waals surface area contributed by atoms with Gasteiger partial charge in [0, 0.05) is 18.8 Å². The molecule has 1 aromatic carbocycles. The van der Waals surface area contributed by atoms with E-state index in [2.05, 4.69) is 62.2 Å². The van der Waals surface area contributed by atoms with Crippen molar-refractivity contribution < 1.29 is 0 Å². The topological polar surface area (TPSA) is 15.3 Å². The van der Waals surface area contributed by atoms with Gasteiger partial charge in [0.05, 0.1) is 0 Å². The molecule has 0 saturated carbocycles. The number of hydrogen-bond donors (Lipinski definition) is 1. The lowest BCUT2D eigenvalue weighted by molar-refractivity contribution is 0.296. The molecule has 2 heteroatoms. The van der Waals surface area contributed by atoms with Gasteiger partial charge >= 0.3 is 0 Å². The highest BCUT2D eigenvalue weighted by molar-refractivity contribution is 5.45. The number of anilines is 1. The van der Waals surface area contributed by atoms with Crippen molar-refractivity contribution in [3.8, 4) is 0 Å². The predicted molar refractivity (Wildman–Crippen MR) is 76.4 cm³/mol. The molecular formula is C15H26N2. The monoisotopic (exact) mass is 234 g/mol. The zero-order valence-corrected chi connectivity index (χ0v) is 11.7. The van der Waals surface area contributed by atoms with Crippen molar-refractivity contribution in [2.24, 2.45) is 5.92 Å². The Morgan fingerprint density at radius 1 is 1.18 bits per heavy atom. The Bertz CT molecular complexity index is 316. The number of benzene rings is 1. The van der Waals surface area contributed by atoms with Gasteiger partial charge in [0.25, 0.3) is 0 Å². The zero-order valence-electron chi connectivity index (χ0n) is 11.7. The van der Waals surface area contributed by atoms with Crippen LogP contribution in [0.15, 0.2) is 24.3 Å². The van der Waals surface area contributed by atoms with Crippen LogP contribution in [0.2, 0.25) is 0 Å². The molecule has 0 fully saturated rings. The molecule has 0 spiro atoms. The van der Waals surface area contributed by atoms with Crippen LogP contribution in [0.1, 0.15) is 33.3 Å². The molecule has 0 atom stereocenters. The van der Waals surface area contributed by atoms with Crippen LogP contribution in [0.3, 0.4) is 0 Å². The molecule has 0 radical (unpaired) electrons. The van der Waals surface area contributed by atoms with E-state index in [0.717, 1.165) is 26.2 Å². The minimum atomic E-state index is 0.682. The quantitative estimate of drug-likeness (QED) is 0.775. The fraction of sp³-hybridized carbons (Fsp3) is 0.600. The Morgan fingerprint density at radius 3 is 2.47 bits per heavy atom. The van der Waals surface area contributed by atoms with Crippen LogP contribution in [0.25, 0.3) is 0 Å². The Kier molecular flexibility index (Phi) is 6.06. The van der Waals surface area contributed by atoms with E-state index in [1.54, 1.807) is 0 Å². The third kappa shape index (κ3) is 5.22. The first kappa shape index (κ1) is 14.0. The highest BCUT2D eigenvalue weighted by Crippen LogP contribution is 2.13. The summed E-state index contributed by atoms with van der Waals surface area (Å²) in [5.41, 5.74) is 2.63. The smallest absolute Gasteiger partial charge is 0.0343 e. The van der Waals surface area contributed by atoms with Crippen molar-refractivity contribution >= 4 is 5.69 Å². The van der Waals surface area contributed by atoms with E-state index in [1.165, 1.54) is 11.3 Å². The molecule has 0 aliphatic carbocycles. The summed E-state index contributed by atoms with van der Waals surface area (Å²) in [5, 5.41) is 3.48. The van der Waals surface area contributed by atoms with Crippen LogP contribution in [0, 0.1) is 5.92 Å². The lowest BCUT2D eigenvalue weighted by atomic mass is 10.1. The van der Waals surface area contributed by atoms with Gasteiger partial charge in [0.1, 0.15) is 0 Å². The highest BCUT2D eigenvalue weighted by atomic mass is 15.1. The van der Waals surface area contributed by atoms with Gasteiger partial charge in [-0.05, 0) is 36.7 Å². The molecule has 1 N–H and O–H groups in total. The summed E-state index contributed by atoms with van der Waals surface area (Å²) >= 11 is 0. The lowest BCUT2D eigenvalue weighted by Gasteiger charge is -2.18. The molecule has 0 bridgehead atoms. The maximum absolute atomic E-state index is 3.48. The number of nitrogens with zero attached hydrogens (tertiary/aromatic N) is 1. The lowest BCUT2D eigenvalue weighted by Crippen LogP contribution is -2.22. The molecule has 0 heterocycles. The van der Waals surface area contributed by atoms with E-state index >= 15 is 0 Å². The molecule has 0 aliphatic rings. The average molecular weight is 234 g/mol. The molecule has 17 heavy (non-hydrogen) atoms. The Morgan fingerprint density at radius 2 is 1.88 bits per heavy atom. The molecule has 96 valence electrons. The van der Waals surface area contributed by atoms with Gasteiger partial charge in [0.2, 0.25) is 0 Å². The summed E-state index contributed by atoms with van der Waals surface area (Å²) in [4.78, 5) is 2.43. The van der Waals surface area contributed by atoms with Gasteiger partial charge in [-0.1, -0.05) is 39.8 Å². The van der Waals surface area contributed by atoms with Gasteiger partial charge in [-0.25, -0.2) is 0 Å². The van der Waals surface area contributed by atoms with Crippen LogP contribution in [0.4, 0.5) is 5.69 Å². The zero-order chi connectivity index (χ0) is 12.7. The number of rotatable bonds is 7. The molecule has 0 saturated heterocycles. The van der Waals surface area contributed by atoms with E-state index in [4.69, 9.17) is 0 Å². The first-order valence-electron chi connectivity index (χ1n) is 6.70. The van der Waals surface area contributed by atoms with Crippen molar-refractivity contribution in [2.45, 2.75) is 34.2 Å². The summed E-state index contributed by atoms with van der Waals surface area (Å²) in [6.07, 6.45) is 0. The number of hydrogen-bond acceptors (Lipinski definition) is 2. The Labute approximate surface area is 106 Å². The van der Waals surface area contributed by atoms with Gasteiger partial charge < -0.3 is 5.32 Å². The Balaban J connectivity index is 2.58. The summed E-state index contributed by atoms with van der Waals surface area (Å²) in [7, 11) is 0. The minimum Gasteiger partial charge on any atom is -0.385 e. The molecule has 1 aromatic rings. The van der Waals surface area contributed by atoms with Gasteiger partial charge in [0.15, 0.2) is 0 Å². The minimum absolute atomic E-state index is 0.682. The van der Waals surface area contributed by atoms with E-state index in [9.17, 15) is 0 Å². The van der Waals surface area contributed by atoms with Crippen LogP contribution < -0.4 is 5.32 Å². The van der Waals surface area contributed by atoms with E-state index in [-0.39, 0.29) is 0 Å². The second-order valence-electron chi connectivity index (χ2n) is 4.94. The first-order valence-corrected chi connectivity index (χ1v) is 6.70. The average Bonchev–Trinajstić information content (AvgIpc) is 2.34. The highest BCUT2D eigenvalue weighted by Gasteiger charge is 2.02. The molecular weight excluding hydrogens is 208 g/mol. The predicted octanol–water partition coefficient (Wildman–Crippen LogP) is 3.60. The van der Waals surface area contributed by atoms with Crippen LogP contribution >= 0.6 is 0 Å². The van der Waals surface area contributed by atoms with Crippen LogP contribution in [0.5, 0.6) is 0 Å². The molecule has 1 rings (SSSR count). The fourth-order valence-electron chi connectivity index (χ4n) is 1.81. The van der Waals surface area contributed by atoms with Crippen molar-refractivity contribution in [3.05, 3.63) is 29.8 Å². The van der Waals surface area contributed by atoms with Crippen molar-refractivity contribution in [1.29, 1.82) is 0 Å². The third-order valence-corrected chi connectivity index (χ3v) is 2.94. The van der Waals surface area contributed by atoms with Crippen LogP contribution in [-0.4, -0.2) is 24.5 Å². The van der Waals surface area contributed by atoms with Crippen molar-refractivity contribution in [2.75, 3.05) is 25.0 Å². The summed E-state index contributed by atoms with van der Waals surface area (Å²) < 4.78 is 0. The van der Waals surface area contributed by atoms with E-state index in [1.807, 2.05) is 0 Å². The second kappa shape index (κ2) is 7.33. The molecule has 2 nitrogen and oxygen atoms in total. The Hall–Kier alpha value is -1.02. The summed E-state index contributed by atoms with van der Waals surface area (Å²) in [6, 6.07) is 8.76. The largest absolute Gasteiger partial charge is 0.385 e. The van der Waals surface area contributed by atoms with E-state index in [0.29, 0.717) is 5.92 Å². The third-order valence-electron chi connectivity index (χ3n) is 2.94. The van der Waals surface area contributed by atoms with Gasteiger partial charge in [-0.3, -0.25) is 4.90 Å². The van der Waals surface area contributed by atoms with Crippen molar-refractivity contribution in [1.82, 2.24) is 4.90 Å². The van der Waals surface area contributed by atoms with Crippen molar-refractivity contribution in [3.63, 3.8) is 0 Å². The maximum Gasteiger partial charge on any atom is 0.0343 e. The van der Waals surface area contributed by atoms with E-state index < -0.39 is 0 Å². The fourth-order valence-corrected chi connectivity index (χ4v) is 1.81. The molecule has 0 amide bonds. The van der Waals surface area contributed by atoms with Gasteiger partial charge in [-0.15, -0.1) is 0 Å².